The monoisotopic (exact) mass is 386 g/mol. The van der Waals surface area contributed by atoms with Crippen LogP contribution in [0.15, 0.2) is 42.7 Å². The Morgan fingerprint density at radius 3 is 3.04 bits per heavy atom. The maximum absolute atomic E-state index is 11.9. The molecule has 0 aromatic carbocycles. The Balaban J connectivity index is 1.53. The summed E-state index contributed by atoms with van der Waals surface area (Å²) in [6, 6.07) is 6.80. The number of amides is 1. The molecule has 3 aromatic heterocycles. The van der Waals surface area contributed by atoms with Crippen molar-refractivity contribution in [2.45, 2.75) is 13.3 Å². The second kappa shape index (κ2) is 8.45. The van der Waals surface area contributed by atoms with Crippen molar-refractivity contribution in [3.05, 3.63) is 63.4 Å². The Morgan fingerprint density at radius 2 is 2.30 bits per heavy atom. The minimum absolute atomic E-state index is 0.0494. The molecule has 1 amide bonds. The molecule has 0 aliphatic heterocycles. The standard InChI is InChI=1S/C18H18N4O4S/c1-2-26-15-4-3-11-21-12-13(20-18(15)21)9-10-19-16(23)7-5-14-6-8-17(27-14)22(24)25/h3-8,11-12H,2,9-10H2,1H3,(H,19,23)/b7-5+. The van der Waals surface area contributed by atoms with E-state index in [1.54, 1.807) is 12.1 Å². The Labute approximate surface area is 159 Å². The maximum Gasteiger partial charge on any atom is 0.324 e. The fraction of sp³-hybridized carbons (Fsp3) is 0.222. The Bertz CT molecular complexity index is 992. The molecule has 0 fully saturated rings. The fourth-order valence-corrected chi connectivity index (χ4v) is 3.21. The third-order valence-corrected chi connectivity index (χ3v) is 4.67. The number of ether oxygens (including phenoxy) is 1. The number of nitro groups is 1. The highest BCUT2D eigenvalue weighted by molar-refractivity contribution is 7.16. The molecule has 0 spiro atoms. The Hall–Kier alpha value is -3.20. The van der Waals surface area contributed by atoms with Crippen LogP contribution >= 0.6 is 11.3 Å². The number of aromatic nitrogens is 2. The first-order valence-electron chi connectivity index (χ1n) is 8.36. The van der Waals surface area contributed by atoms with Gasteiger partial charge in [0.05, 0.1) is 17.2 Å². The molecule has 0 aliphatic rings. The van der Waals surface area contributed by atoms with Gasteiger partial charge in [0, 0.05) is 42.4 Å². The van der Waals surface area contributed by atoms with Crippen molar-refractivity contribution >= 4 is 34.0 Å². The summed E-state index contributed by atoms with van der Waals surface area (Å²) in [6.07, 6.45) is 7.32. The minimum Gasteiger partial charge on any atom is -0.490 e. The van der Waals surface area contributed by atoms with E-state index in [1.807, 2.05) is 35.9 Å². The number of carbonyl (C=O) groups excluding carboxylic acids is 1. The zero-order valence-corrected chi connectivity index (χ0v) is 15.4. The van der Waals surface area contributed by atoms with Gasteiger partial charge in [-0.3, -0.25) is 14.9 Å². The first-order chi connectivity index (χ1) is 13.1. The summed E-state index contributed by atoms with van der Waals surface area (Å²) in [4.78, 5) is 27.3. The van der Waals surface area contributed by atoms with Crippen molar-refractivity contribution in [3.63, 3.8) is 0 Å². The lowest BCUT2D eigenvalue weighted by Gasteiger charge is -2.03. The normalized spacial score (nSPS) is 11.1. The van der Waals surface area contributed by atoms with Gasteiger partial charge in [-0.1, -0.05) is 11.3 Å². The van der Waals surface area contributed by atoms with E-state index in [0.29, 0.717) is 24.4 Å². The number of thiophene rings is 1. The molecule has 3 heterocycles. The predicted octanol–water partition coefficient (Wildman–Crippen LogP) is 3.07. The second-order valence-electron chi connectivity index (χ2n) is 5.58. The van der Waals surface area contributed by atoms with Gasteiger partial charge < -0.3 is 14.5 Å². The summed E-state index contributed by atoms with van der Waals surface area (Å²) in [7, 11) is 0. The SMILES string of the molecule is CCOc1cccn2cc(CCNC(=O)/C=C/c3ccc([N+](=O)[O-])s3)nc12. The molecule has 0 bridgehead atoms. The van der Waals surface area contributed by atoms with Gasteiger partial charge in [0.15, 0.2) is 11.4 Å². The van der Waals surface area contributed by atoms with Crippen LogP contribution in [0, 0.1) is 10.1 Å². The molecule has 0 aliphatic carbocycles. The molecule has 27 heavy (non-hydrogen) atoms. The lowest BCUT2D eigenvalue weighted by molar-refractivity contribution is -0.380. The van der Waals surface area contributed by atoms with Gasteiger partial charge in [0.1, 0.15) is 0 Å². The maximum atomic E-state index is 11.9. The Morgan fingerprint density at radius 1 is 1.44 bits per heavy atom. The summed E-state index contributed by atoms with van der Waals surface area (Å²) >= 11 is 1.02. The molecule has 8 nitrogen and oxygen atoms in total. The van der Waals surface area contributed by atoms with Crippen LogP contribution in [0.5, 0.6) is 5.75 Å². The number of hydrogen-bond donors (Lipinski definition) is 1. The number of rotatable bonds is 8. The molecule has 0 unspecified atom stereocenters. The van der Waals surface area contributed by atoms with Crippen molar-refractivity contribution in [1.82, 2.24) is 14.7 Å². The van der Waals surface area contributed by atoms with Crippen LogP contribution in [-0.2, 0) is 11.2 Å². The summed E-state index contributed by atoms with van der Waals surface area (Å²) in [5.41, 5.74) is 1.60. The van der Waals surface area contributed by atoms with E-state index in [-0.39, 0.29) is 10.9 Å². The molecule has 0 radical (unpaired) electrons. The van der Waals surface area contributed by atoms with Crippen LogP contribution in [0.2, 0.25) is 0 Å². The summed E-state index contributed by atoms with van der Waals surface area (Å²) < 4.78 is 7.46. The highest BCUT2D eigenvalue weighted by Gasteiger charge is 2.09. The van der Waals surface area contributed by atoms with Gasteiger partial charge in [-0.2, -0.15) is 0 Å². The van der Waals surface area contributed by atoms with E-state index in [4.69, 9.17) is 4.74 Å². The molecule has 0 saturated carbocycles. The minimum atomic E-state index is -0.451. The first kappa shape index (κ1) is 18.6. The summed E-state index contributed by atoms with van der Waals surface area (Å²) in [5.74, 6) is 0.466. The number of nitrogens with one attached hydrogen (secondary N) is 1. The fourth-order valence-electron chi connectivity index (χ4n) is 2.49. The van der Waals surface area contributed by atoms with Gasteiger partial charge in [0.25, 0.3) is 0 Å². The molecule has 0 atom stereocenters. The summed E-state index contributed by atoms with van der Waals surface area (Å²) in [6.45, 7) is 2.92. The van der Waals surface area contributed by atoms with E-state index < -0.39 is 4.92 Å². The van der Waals surface area contributed by atoms with Crippen molar-refractivity contribution in [3.8, 4) is 5.75 Å². The van der Waals surface area contributed by atoms with Crippen LogP contribution in [0.25, 0.3) is 11.7 Å². The zero-order valence-electron chi connectivity index (χ0n) is 14.6. The largest absolute Gasteiger partial charge is 0.490 e. The predicted molar refractivity (Wildman–Crippen MR) is 103 cm³/mol. The van der Waals surface area contributed by atoms with Crippen molar-refractivity contribution in [2.24, 2.45) is 0 Å². The van der Waals surface area contributed by atoms with Gasteiger partial charge in [-0.05, 0) is 31.2 Å². The van der Waals surface area contributed by atoms with Gasteiger partial charge in [-0.25, -0.2) is 4.98 Å². The smallest absolute Gasteiger partial charge is 0.324 e. The molecule has 3 aromatic rings. The molecular weight excluding hydrogens is 368 g/mol. The third kappa shape index (κ3) is 4.70. The molecular formula is C18H18N4O4S. The number of pyridine rings is 1. The highest BCUT2D eigenvalue weighted by atomic mass is 32.1. The van der Waals surface area contributed by atoms with E-state index in [1.165, 1.54) is 12.1 Å². The molecule has 9 heteroatoms. The Kier molecular flexibility index (Phi) is 5.82. The van der Waals surface area contributed by atoms with E-state index in [2.05, 4.69) is 10.3 Å². The van der Waals surface area contributed by atoms with Gasteiger partial charge in [0.2, 0.25) is 5.91 Å². The lowest BCUT2D eigenvalue weighted by Crippen LogP contribution is -2.23. The van der Waals surface area contributed by atoms with E-state index in [0.717, 1.165) is 28.4 Å². The van der Waals surface area contributed by atoms with Crippen LogP contribution < -0.4 is 10.1 Å². The highest BCUT2D eigenvalue weighted by Crippen LogP contribution is 2.24. The summed E-state index contributed by atoms with van der Waals surface area (Å²) in [5, 5.41) is 13.5. The molecule has 3 rings (SSSR count). The third-order valence-electron chi connectivity index (χ3n) is 3.67. The average Bonchev–Trinajstić information content (AvgIpc) is 3.27. The van der Waals surface area contributed by atoms with E-state index >= 15 is 0 Å². The quantitative estimate of drug-likeness (QED) is 0.364. The lowest BCUT2D eigenvalue weighted by atomic mass is 10.3. The van der Waals surface area contributed by atoms with Crippen LogP contribution in [0.4, 0.5) is 5.00 Å². The second-order valence-corrected chi connectivity index (χ2v) is 6.67. The molecule has 140 valence electrons. The zero-order chi connectivity index (χ0) is 19.2. The van der Waals surface area contributed by atoms with Gasteiger partial charge in [-0.15, -0.1) is 0 Å². The molecule has 0 saturated heterocycles. The van der Waals surface area contributed by atoms with Crippen molar-refractivity contribution in [1.29, 1.82) is 0 Å². The van der Waals surface area contributed by atoms with Crippen LogP contribution in [-0.4, -0.2) is 33.4 Å². The number of nitrogens with zero attached hydrogens (tertiary/aromatic N) is 3. The van der Waals surface area contributed by atoms with Crippen LogP contribution in [0.3, 0.4) is 0 Å². The van der Waals surface area contributed by atoms with Gasteiger partial charge >= 0.3 is 5.00 Å². The molecule has 1 N–H and O–H groups in total. The van der Waals surface area contributed by atoms with E-state index in [9.17, 15) is 14.9 Å². The average molecular weight is 386 g/mol. The number of fused-ring (bicyclic) bond motifs is 1. The van der Waals surface area contributed by atoms with Crippen molar-refractivity contribution in [2.75, 3.05) is 13.2 Å². The van der Waals surface area contributed by atoms with Crippen LogP contribution in [0.1, 0.15) is 17.5 Å². The first-order valence-corrected chi connectivity index (χ1v) is 9.18. The topological polar surface area (TPSA) is 98.8 Å². The number of imidazole rings is 1. The number of hydrogen-bond acceptors (Lipinski definition) is 6. The number of carbonyl (C=O) groups is 1. The van der Waals surface area contributed by atoms with Crippen molar-refractivity contribution < 1.29 is 14.5 Å².